The van der Waals surface area contributed by atoms with E-state index in [2.05, 4.69) is 5.32 Å². The van der Waals surface area contributed by atoms with Gasteiger partial charge in [-0.3, -0.25) is 9.59 Å². The summed E-state index contributed by atoms with van der Waals surface area (Å²) in [5, 5.41) is 3.22. The highest BCUT2D eigenvalue weighted by atomic mass is 35.5. The van der Waals surface area contributed by atoms with Crippen molar-refractivity contribution >= 4 is 24.1 Å². The number of carbonyl (C=O) groups is 2. The summed E-state index contributed by atoms with van der Waals surface area (Å²) in [5.41, 5.74) is 3.86. The van der Waals surface area contributed by atoms with E-state index < -0.39 is 0 Å². The molecule has 0 unspecified atom stereocenters. The summed E-state index contributed by atoms with van der Waals surface area (Å²) in [6.07, 6.45) is 2.00. The lowest BCUT2D eigenvalue weighted by Gasteiger charge is -2.32. The Balaban J connectivity index is 0.00000280. The number of carbonyl (C=O) groups excluding carboxylic acids is 2. The number of amides is 1. The molecule has 1 amide bonds. The van der Waals surface area contributed by atoms with Crippen LogP contribution in [0.1, 0.15) is 50.2 Å². The third-order valence-corrected chi connectivity index (χ3v) is 5.57. The van der Waals surface area contributed by atoms with E-state index in [9.17, 15) is 9.59 Å². The van der Waals surface area contributed by atoms with Crippen LogP contribution in [-0.4, -0.2) is 43.3 Å². The molecule has 0 saturated carbocycles. The SMILES string of the molecule is CNCC1CCN(C(=O)c2ccccc2C(=O)c2ccc(C)c(C)c2)CC1.Cl. The quantitative estimate of drug-likeness (QED) is 0.771. The van der Waals surface area contributed by atoms with Gasteiger partial charge in [-0.1, -0.05) is 30.3 Å². The second-order valence-corrected chi connectivity index (χ2v) is 7.47. The van der Waals surface area contributed by atoms with Crippen LogP contribution >= 0.6 is 12.4 Å². The maximum atomic E-state index is 13.1. The summed E-state index contributed by atoms with van der Waals surface area (Å²) in [5.74, 6) is 0.490. The van der Waals surface area contributed by atoms with E-state index in [-0.39, 0.29) is 24.1 Å². The molecular weight excluding hydrogens is 372 g/mol. The van der Waals surface area contributed by atoms with Crippen LogP contribution in [0.4, 0.5) is 0 Å². The molecule has 2 aromatic carbocycles. The number of halogens is 1. The Bertz CT molecular complexity index is 842. The molecule has 1 heterocycles. The van der Waals surface area contributed by atoms with Crippen LogP contribution in [0.2, 0.25) is 0 Å². The fraction of sp³-hybridized carbons (Fsp3) is 0.391. The number of ketones is 1. The van der Waals surface area contributed by atoms with Crippen molar-refractivity contribution in [1.82, 2.24) is 10.2 Å². The summed E-state index contributed by atoms with van der Waals surface area (Å²) in [6.45, 7) is 6.51. The molecule has 0 atom stereocenters. The first-order valence-electron chi connectivity index (χ1n) is 9.66. The average molecular weight is 401 g/mol. The maximum Gasteiger partial charge on any atom is 0.254 e. The van der Waals surface area contributed by atoms with Crippen LogP contribution in [0.15, 0.2) is 42.5 Å². The van der Waals surface area contributed by atoms with Crippen molar-refractivity contribution in [2.24, 2.45) is 5.92 Å². The van der Waals surface area contributed by atoms with Gasteiger partial charge in [0.1, 0.15) is 0 Å². The van der Waals surface area contributed by atoms with E-state index >= 15 is 0 Å². The van der Waals surface area contributed by atoms with Crippen LogP contribution < -0.4 is 5.32 Å². The minimum Gasteiger partial charge on any atom is -0.339 e. The number of likely N-dealkylation sites (tertiary alicyclic amines) is 1. The van der Waals surface area contributed by atoms with E-state index in [0.29, 0.717) is 22.6 Å². The lowest BCUT2D eigenvalue weighted by molar-refractivity contribution is 0.0687. The molecule has 0 bridgehead atoms. The van der Waals surface area contributed by atoms with Gasteiger partial charge in [0, 0.05) is 24.2 Å². The van der Waals surface area contributed by atoms with E-state index in [0.717, 1.165) is 43.6 Å². The zero-order valence-electron chi connectivity index (χ0n) is 16.8. The topological polar surface area (TPSA) is 49.4 Å². The highest BCUT2D eigenvalue weighted by molar-refractivity contribution is 6.15. The number of aryl methyl sites for hydroxylation is 2. The zero-order chi connectivity index (χ0) is 19.4. The van der Waals surface area contributed by atoms with E-state index in [4.69, 9.17) is 0 Å². The molecule has 1 saturated heterocycles. The van der Waals surface area contributed by atoms with Crippen molar-refractivity contribution in [3.05, 3.63) is 70.3 Å². The van der Waals surface area contributed by atoms with Gasteiger partial charge in [-0.2, -0.15) is 0 Å². The molecule has 0 aromatic heterocycles. The number of hydrogen-bond donors (Lipinski definition) is 1. The third kappa shape index (κ3) is 4.81. The van der Waals surface area contributed by atoms with Gasteiger partial charge in [-0.25, -0.2) is 0 Å². The second-order valence-electron chi connectivity index (χ2n) is 7.47. The van der Waals surface area contributed by atoms with E-state index in [1.807, 2.05) is 56.1 Å². The highest BCUT2D eigenvalue weighted by Crippen LogP contribution is 2.22. The summed E-state index contributed by atoms with van der Waals surface area (Å²) in [4.78, 5) is 28.1. The molecule has 4 nitrogen and oxygen atoms in total. The van der Waals surface area contributed by atoms with Gasteiger partial charge in [-0.05, 0) is 69.5 Å². The fourth-order valence-corrected chi connectivity index (χ4v) is 3.70. The van der Waals surface area contributed by atoms with Crippen LogP contribution in [0.5, 0.6) is 0 Å². The smallest absolute Gasteiger partial charge is 0.254 e. The largest absolute Gasteiger partial charge is 0.339 e. The predicted molar refractivity (Wildman–Crippen MR) is 116 cm³/mol. The zero-order valence-corrected chi connectivity index (χ0v) is 17.6. The van der Waals surface area contributed by atoms with Crippen molar-refractivity contribution in [3.8, 4) is 0 Å². The first-order valence-corrected chi connectivity index (χ1v) is 9.66. The maximum absolute atomic E-state index is 13.1. The first kappa shape index (κ1) is 22.1. The van der Waals surface area contributed by atoms with Crippen molar-refractivity contribution in [2.45, 2.75) is 26.7 Å². The molecule has 1 N–H and O–H groups in total. The standard InChI is InChI=1S/C23H28N2O2.ClH/c1-16-8-9-19(14-17(16)2)22(26)20-6-4-5-7-21(20)23(27)25-12-10-18(11-13-25)15-24-3;/h4-9,14,18,24H,10-13,15H2,1-3H3;1H. The third-order valence-electron chi connectivity index (χ3n) is 5.57. The number of nitrogens with zero attached hydrogens (tertiary/aromatic N) is 1. The molecule has 1 aliphatic heterocycles. The van der Waals surface area contributed by atoms with Gasteiger partial charge in [0.25, 0.3) is 5.91 Å². The van der Waals surface area contributed by atoms with E-state index in [1.54, 1.807) is 12.1 Å². The Morgan fingerprint density at radius 1 is 1.00 bits per heavy atom. The summed E-state index contributed by atoms with van der Waals surface area (Å²) in [7, 11) is 1.96. The number of hydrogen-bond acceptors (Lipinski definition) is 3. The monoisotopic (exact) mass is 400 g/mol. The van der Waals surface area contributed by atoms with Crippen molar-refractivity contribution in [1.29, 1.82) is 0 Å². The van der Waals surface area contributed by atoms with Crippen LogP contribution in [-0.2, 0) is 0 Å². The number of piperidine rings is 1. The molecule has 28 heavy (non-hydrogen) atoms. The number of rotatable bonds is 5. The number of nitrogens with one attached hydrogen (secondary N) is 1. The Kier molecular flexibility index (Phi) is 7.78. The van der Waals surface area contributed by atoms with Gasteiger partial charge < -0.3 is 10.2 Å². The Hall–Kier alpha value is -2.17. The van der Waals surface area contributed by atoms with Gasteiger partial charge >= 0.3 is 0 Å². The van der Waals surface area contributed by atoms with Gasteiger partial charge in [0.05, 0.1) is 5.56 Å². The fourth-order valence-electron chi connectivity index (χ4n) is 3.70. The van der Waals surface area contributed by atoms with E-state index in [1.165, 1.54) is 0 Å². The Labute approximate surface area is 173 Å². The number of benzene rings is 2. The van der Waals surface area contributed by atoms with Crippen molar-refractivity contribution in [3.63, 3.8) is 0 Å². The van der Waals surface area contributed by atoms with Crippen LogP contribution in [0, 0.1) is 19.8 Å². The predicted octanol–water partition coefficient (Wildman–Crippen LogP) is 4.03. The Morgan fingerprint density at radius 3 is 2.25 bits per heavy atom. The molecule has 0 spiro atoms. The molecule has 0 radical (unpaired) electrons. The summed E-state index contributed by atoms with van der Waals surface area (Å²) in [6, 6.07) is 12.9. The molecule has 1 fully saturated rings. The van der Waals surface area contributed by atoms with Gasteiger partial charge in [0.15, 0.2) is 5.78 Å². The van der Waals surface area contributed by atoms with Crippen molar-refractivity contribution < 1.29 is 9.59 Å². The molecule has 3 rings (SSSR count). The van der Waals surface area contributed by atoms with Crippen LogP contribution in [0.3, 0.4) is 0 Å². The summed E-state index contributed by atoms with van der Waals surface area (Å²) >= 11 is 0. The van der Waals surface area contributed by atoms with Crippen LogP contribution in [0.25, 0.3) is 0 Å². The minimum atomic E-state index is -0.0906. The minimum absolute atomic E-state index is 0. The van der Waals surface area contributed by atoms with Crippen molar-refractivity contribution in [2.75, 3.05) is 26.7 Å². The normalized spacial score (nSPS) is 14.5. The molecular formula is C23H29ClN2O2. The van der Waals surface area contributed by atoms with Gasteiger partial charge in [-0.15, -0.1) is 12.4 Å². The first-order chi connectivity index (χ1) is 13.0. The summed E-state index contributed by atoms with van der Waals surface area (Å²) < 4.78 is 0. The Morgan fingerprint density at radius 2 is 1.64 bits per heavy atom. The lowest BCUT2D eigenvalue weighted by atomic mass is 9.93. The second kappa shape index (κ2) is 9.85. The highest BCUT2D eigenvalue weighted by Gasteiger charge is 2.26. The molecule has 150 valence electrons. The molecule has 1 aliphatic rings. The molecule has 5 heteroatoms. The molecule has 2 aromatic rings. The lowest BCUT2D eigenvalue weighted by Crippen LogP contribution is -2.40. The average Bonchev–Trinajstić information content (AvgIpc) is 2.70. The molecule has 0 aliphatic carbocycles. The van der Waals surface area contributed by atoms with Gasteiger partial charge in [0.2, 0.25) is 0 Å².